The summed E-state index contributed by atoms with van der Waals surface area (Å²) in [5.41, 5.74) is 1.59. The summed E-state index contributed by atoms with van der Waals surface area (Å²) < 4.78 is 4.59. The number of pyridine rings is 1. The Morgan fingerprint density at radius 2 is 1.75 bits per heavy atom. The number of amides is 1. The lowest BCUT2D eigenvalue weighted by Gasteiger charge is -2.34. The maximum atomic E-state index is 12.7. The van der Waals surface area contributed by atoms with Gasteiger partial charge in [-0.1, -0.05) is 0 Å². The average molecular weight is 438 g/mol. The highest BCUT2D eigenvalue weighted by atomic mass is 16.2. The van der Waals surface area contributed by atoms with Gasteiger partial charge in [-0.15, -0.1) is 5.10 Å². The van der Waals surface area contributed by atoms with Gasteiger partial charge < -0.3 is 9.47 Å². The maximum Gasteiger partial charge on any atom is 0.266 e. The van der Waals surface area contributed by atoms with Gasteiger partial charge in [-0.2, -0.15) is 5.10 Å². The highest BCUT2D eigenvalue weighted by Gasteiger charge is 2.24. The van der Waals surface area contributed by atoms with Crippen molar-refractivity contribution in [3.05, 3.63) is 74.2 Å². The summed E-state index contributed by atoms with van der Waals surface area (Å²) in [7, 11) is 1.64. The van der Waals surface area contributed by atoms with E-state index in [0.29, 0.717) is 45.1 Å². The molecule has 0 radical (unpaired) electrons. The van der Waals surface area contributed by atoms with E-state index >= 15 is 0 Å². The van der Waals surface area contributed by atoms with Gasteiger partial charge in [0.15, 0.2) is 5.82 Å². The topological polar surface area (TPSA) is 98.3 Å². The van der Waals surface area contributed by atoms with Crippen molar-refractivity contribution in [1.29, 1.82) is 0 Å². The quantitative estimate of drug-likeness (QED) is 0.566. The molecule has 0 unspecified atom stereocenters. The van der Waals surface area contributed by atoms with E-state index in [-0.39, 0.29) is 22.6 Å². The zero-order valence-electron chi connectivity index (χ0n) is 18.6. The first-order valence-corrected chi connectivity index (χ1v) is 10.6. The molecule has 1 aliphatic heterocycles. The van der Waals surface area contributed by atoms with E-state index in [1.807, 2.05) is 19.9 Å². The smallest absolute Gasteiger partial charge is 0.266 e. The second kappa shape index (κ2) is 8.91. The Morgan fingerprint density at radius 1 is 1.00 bits per heavy atom. The predicted molar refractivity (Wildman–Crippen MR) is 119 cm³/mol. The number of nitrogens with zero attached hydrogens (tertiary/aromatic N) is 7. The molecule has 10 heteroatoms. The fourth-order valence-electron chi connectivity index (χ4n) is 3.91. The standard InChI is InChI=1S/C22H27N7O3/c1-16-15-17(2)29(23-16)19-6-7-20(30)28(24-19)14-11-26-9-12-27(13-10-26)22(32)18-5-4-8-25(3)21(18)31/h4-8,15H,9-14H2,1-3H3. The molecule has 0 saturated carbocycles. The number of hydrogen-bond acceptors (Lipinski definition) is 6. The van der Waals surface area contributed by atoms with E-state index in [0.717, 1.165) is 11.4 Å². The van der Waals surface area contributed by atoms with Crippen LogP contribution in [-0.4, -0.2) is 72.6 Å². The van der Waals surface area contributed by atoms with Gasteiger partial charge in [-0.05, 0) is 38.1 Å². The van der Waals surface area contributed by atoms with Gasteiger partial charge >= 0.3 is 0 Å². The molecular formula is C22H27N7O3. The maximum absolute atomic E-state index is 12.7. The fraction of sp³-hybridized carbons (Fsp3) is 0.409. The first-order valence-electron chi connectivity index (χ1n) is 10.6. The molecule has 4 rings (SSSR count). The van der Waals surface area contributed by atoms with Crippen LogP contribution in [0.5, 0.6) is 0 Å². The van der Waals surface area contributed by atoms with Crippen molar-refractivity contribution in [2.24, 2.45) is 7.05 Å². The molecule has 1 fully saturated rings. The highest BCUT2D eigenvalue weighted by molar-refractivity contribution is 5.93. The summed E-state index contributed by atoms with van der Waals surface area (Å²) in [6, 6.07) is 8.43. The van der Waals surface area contributed by atoms with E-state index in [1.54, 1.807) is 41.0 Å². The van der Waals surface area contributed by atoms with Crippen LogP contribution in [0.1, 0.15) is 21.7 Å². The van der Waals surface area contributed by atoms with Gasteiger partial charge in [0.1, 0.15) is 5.56 Å². The summed E-state index contributed by atoms with van der Waals surface area (Å²) in [6.45, 7) is 7.36. The van der Waals surface area contributed by atoms with Crippen molar-refractivity contribution < 1.29 is 4.79 Å². The number of piperazine rings is 1. The van der Waals surface area contributed by atoms with Gasteiger partial charge in [-0.25, -0.2) is 9.36 Å². The molecule has 4 heterocycles. The molecule has 168 valence electrons. The van der Waals surface area contributed by atoms with Gasteiger partial charge in [0.25, 0.3) is 17.0 Å². The number of hydrogen-bond donors (Lipinski definition) is 0. The number of rotatable bonds is 5. The van der Waals surface area contributed by atoms with Crippen molar-refractivity contribution in [2.75, 3.05) is 32.7 Å². The molecule has 0 atom stereocenters. The van der Waals surface area contributed by atoms with Crippen LogP contribution >= 0.6 is 0 Å². The highest BCUT2D eigenvalue weighted by Crippen LogP contribution is 2.09. The van der Waals surface area contributed by atoms with Gasteiger partial charge in [0.05, 0.1) is 12.2 Å². The third kappa shape index (κ3) is 4.40. The Hall–Kier alpha value is -3.53. The largest absolute Gasteiger partial charge is 0.336 e. The molecule has 0 aromatic carbocycles. The Balaban J connectivity index is 1.37. The first kappa shape index (κ1) is 21.7. The molecule has 3 aromatic rings. The third-order valence-electron chi connectivity index (χ3n) is 5.72. The van der Waals surface area contributed by atoms with E-state index in [2.05, 4.69) is 15.1 Å². The molecule has 3 aromatic heterocycles. The number of carbonyl (C=O) groups excluding carboxylic acids is 1. The van der Waals surface area contributed by atoms with Crippen molar-refractivity contribution >= 4 is 5.91 Å². The lowest BCUT2D eigenvalue weighted by molar-refractivity contribution is 0.0629. The van der Waals surface area contributed by atoms with Crippen molar-refractivity contribution in [3.63, 3.8) is 0 Å². The number of carbonyl (C=O) groups is 1. The molecule has 0 spiro atoms. The lowest BCUT2D eigenvalue weighted by Crippen LogP contribution is -2.50. The minimum absolute atomic E-state index is 0.163. The van der Waals surface area contributed by atoms with Gasteiger partial charge in [0.2, 0.25) is 0 Å². The number of aryl methyl sites for hydroxylation is 3. The van der Waals surface area contributed by atoms with Crippen molar-refractivity contribution in [1.82, 2.24) is 33.9 Å². The molecule has 1 amide bonds. The monoisotopic (exact) mass is 437 g/mol. The van der Waals surface area contributed by atoms with E-state index in [4.69, 9.17) is 0 Å². The summed E-state index contributed by atoms with van der Waals surface area (Å²) in [5.74, 6) is 0.372. The van der Waals surface area contributed by atoms with Crippen LogP contribution in [0.3, 0.4) is 0 Å². The zero-order chi connectivity index (χ0) is 22.8. The molecule has 0 aliphatic carbocycles. The summed E-state index contributed by atoms with van der Waals surface area (Å²) in [4.78, 5) is 41.1. The Labute approximate surface area is 185 Å². The zero-order valence-corrected chi connectivity index (χ0v) is 18.6. The minimum Gasteiger partial charge on any atom is -0.336 e. The van der Waals surface area contributed by atoms with E-state index in [9.17, 15) is 14.4 Å². The molecule has 1 saturated heterocycles. The second-order valence-electron chi connectivity index (χ2n) is 8.06. The van der Waals surface area contributed by atoms with Crippen LogP contribution in [0, 0.1) is 13.8 Å². The Bertz CT molecular complexity index is 1250. The summed E-state index contributed by atoms with van der Waals surface area (Å²) in [6.07, 6.45) is 1.64. The Morgan fingerprint density at radius 3 is 2.44 bits per heavy atom. The van der Waals surface area contributed by atoms with Crippen LogP contribution < -0.4 is 11.1 Å². The van der Waals surface area contributed by atoms with Crippen molar-refractivity contribution in [2.45, 2.75) is 20.4 Å². The molecule has 32 heavy (non-hydrogen) atoms. The second-order valence-corrected chi connectivity index (χ2v) is 8.06. The van der Waals surface area contributed by atoms with E-state index < -0.39 is 0 Å². The normalized spacial score (nSPS) is 14.7. The summed E-state index contributed by atoms with van der Waals surface area (Å²) in [5, 5.41) is 8.91. The van der Waals surface area contributed by atoms with Crippen LogP contribution in [0.2, 0.25) is 0 Å². The SMILES string of the molecule is Cc1cc(C)n(-c2ccc(=O)n(CCN3CCN(C(=O)c4cccn(C)c4=O)CC3)n2)n1. The molecule has 0 N–H and O–H groups in total. The lowest BCUT2D eigenvalue weighted by atomic mass is 10.2. The van der Waals surface area contributed by atoms with E-state index in [1.165, 1.54) is 15.3 Å². The van der Waals surface area contributed by atoms with Gasteiger partial charge in [0, 0.05) is 57.7 Å². The summed E-state index contributed by atoms with van der Waals surface area (Å²) >= 11 is 0. The van der Waals surface area contributed by atoms with Crippen LogP contribution in [-0.2, 0) is 13.6 Å². The minimum atomic E-state index is -0.284. The van der Waals surface area contributed by atoms with Crippen LogP contribution in [0.25, 0.3) is 5.82 Å². The average Bonchev–Trinajstić information content (AvgIpc) is 3.13. The first-order chi connectivity index (χ1) is 15.3. The predicted octanol–water partition coefficient (Wildman–Crippen LogP) is 0.203. The molecular weight excluding hydrogens is 410 g/mol. The van der Waals surface area contributed by atoms with Crippen LogP contribution in [0.15, 0.2) is 46.1 Å². The van der Waals surface area contributed by atoms with Gasteiger partial charge in [-0.3, -0.25) is 19.3 Å². The molecule has 10 nitrogen and oxygen atoms in total. The van der Waals surface area contributed by atoms with Crippen molar-refractivity contribution in [3.8, 4) is 5.82 Å². The molecule has 1 aliphatic rings. The Kier molecular flexibility index (Phi) is 6.04. The third-order valence-corrected chi connectivity index (χ3v) is 5.72. The fourth-order valence-corrected chi connectivity index (χ4v) is 3.91. The molecule has 0 bridgehead atoms. The number of aromatic nitrogens is 5. The van der Waals surface area contributed by atoms with Crippen LogP contribution in [0.4, 0.5) is 0 Å².